The van der Waals surface area contributed by atoms with Gasteiger partial charge in [0.15, 0.2) is 0 Å². The SMILES string of the molecule is O=C(Cl)c1cc([N+](=O)[O-])c(C(F)F)cn1. The summed E-state index contributed by atoms with van der Waals surface area (Å²) in [5, 5.41) is 9.35. The average molecular weight is 237 g/mol. The van der Waals surface area contributed by atoms with Gasteiger partial charge in [-0.2, -0.15) is 0 Å². The van der Waals surface area contributed by atoms with Crippen LogP contribution in [0.2, 0.25) is 0 Å². The summed E-state index contributed by atoms with van der Waals surface area (Å²) in [7, 11) is 0. The van der Waals surface area contributed by atoms with Crippen LogP contribution in [0.1, 0.15) is 22.5 Å². The van der Waals surface area contributed by atoms with Crippen LogP contribution < -0.4 is 0 Å². The Balaban J connectivity index is 3.33. The zero-order valence-electron chi connectivity index (χ0n) is 6.99. The lowest BCUT2D eigenvalue weighted by molar-refractivity contribution is -0.386. The highest BCUT2D eigenvalue weighted by Gasteiger charge is 2.23. The topological polar surface area (TPSA) is 73.1 Å². The van der Waals surface area contributed by atoms with Crippen LogP contribution in [0.15, 0.2) is 12.3 Å². The predicted molar refractivity (Wildman–Crippen MR) is 46.0 cm³/mol. The molecule has 1 heterocycles. The van der Waals surface area contributed by atoms with Gasteiger partial charge < -0.3 is 0 Å². The highest BCUT2D eigenvalue weighted by molar-refractivity contribution is 6.67. The molecule has 0 bridgehead atoms. The van der Waals surface area contributed by atoms with Crippen molar-refractivity contribution in [3.05, 3.63) is 33.6 Å². The zero-order valence-corrected chi connectivity index (χ0v) is 7.74. The van der Waals surface area contributed by atoms with Gasteiger partial charge in [0.05, 0.1) is 4.92 Å². The number of rotatable bonds is 3. The quantitative estimate of drug-likeness (QED) is 0.459. The molecule has 0 N–H and O–H groups in total. The highest BCUT2D eigenvalue weighted by atomic mass is 35.5. The van der Waals surface area contributed by atoms with Crippen LogP contribution in [-0.2, 0) is 0 Å². The molecule has 0 amide bonds. The molecule has 1 aromatic heterocycles. The van der Waals surface area contributed by atoms with E-state index in [1.807, 2.05) is 0 Å². The van der Waals surface area contributed by atoms with Crippen molar-refractivity contribution >= 4 is 22.5 Å². The Morgan fingerprint density at radius 3 is 2.60 bits per heavy atom. The van der Waals surface area contributed by atoms with Gasteiger partial charge in [-0.15, -0.1) is 0 Å². The lowest BCUT2D eigenvalue weighted by Crippen LogP contribution is -2.01. The van der Waals surface area contributed by atoms with E-state index in [-0.39, 0.29) is 0 Å². The molecular formula is C7H3ClF2N2O3. The summed E-state index contributed by atoms with van der Waals surface area (Å²) < 4.78 is 24.5. The second kappa shape index (κ2) is 4.26. The Bertz CT molecular complexity index is 425. The molecule has 0 aliphatic rings. The molecule has 0 radical (unpaired) electrons. The third-order valence-electron chi connectivity index (χ3n) is 1.55. The van der Waals surface area contributed by atoms with Crippen LogP contribution in [0.3, 0.4) is 0 Å². The summed E-state index contributed by atoms with van der Waals surface area (Å²) in [4.78, 5) is 23.2. The molecule has 15 heavy (non-hydrogen) atoms. The number of carbonyl (C=O) groups excluding carboxylic acids is 1. The second-order valence-corrected chi connectivity index (χ2v) is 2.80. The summed E-state index contributed by atoms with van der Waals surface area (Å²) in [5.41, 5.74) is -2.15. The Labute approximate surface area is 86.8 Å². The maximum Gasteiger partial charge on any atom is 0.282 e. The number of hydrogen-bond donors (Lipinski definition) is 0. The molecule has 8 heteroatoms. The number of alkyl halides is 2. The Morgan fingerprint density at radius 1 is 1.60 bits per heavy atom. The first-order valence-corrected chi connectivity index (χ1v) is 3.93. The number of carbonyl (C=O) groups is 1. The van der Waals surface area contributed by atoms with Gasteiger partial charge in [0, 0.05) is 12.3 Å². The summed E-state index contributed by atoms with van der Waals surface area (Å²) in [6, 6.07) is 0.622. The van der Waals surface area contributed by atoms with E-state index in [2.05, 4.69) is 4.98 Å². The third-order valence-corrected chi connectivity index (χ3v) is 1.74. The van der Waals surface area contributed by atoms with Crippen LogP contribution in [0, 0.1) is 10.1 Å². The fourth-order valence-electron chi connectivity index (χ4n) is 0.889. The minimum absolute atomic E-state index is 0.437. The molecule has 0 unspecified atom stereocenters. The van der Waals surface area contributed by atoms with Crippen molar-refractivity contribution in [3.63, 3.8) is 0 Å². The number of aromatic nitrogens is 1. The van der Waals surface area contributed by atoms with E-state index in [1.165, 1.54) is 0 Å². The third kappa shape index (κ3) is 2.44. The first-order valence-electron chi connectivity index (χ1n) is 3.55. The van der Waals surface area contributed by atoms with Gasteiger partial charge in [0.2, 0.25) is 0 Å². The van der Waals surface area contributed by atoms with Crippen molar-refractivity contribution in [3.8, 4) is 0 Å². The van der Waals surface area contributed by atoms with Crippen molar-refractivity contribution in [2.24, 2.45) is 0 Å². The molecule has 1 aromatic rings. The molecule has 80 valence electrons. The summed E-state index contributed by atoms with van der Waals surface area (Å²) in [5.74, 6) is 0. The molecule has 0 aliphatic heterocycles. The normalized spacial score (nSPS) is 10.4. The van der Waals surface area contributed by atoms with E-state index in [0.717, 1.165) is 0 Å². The van der Waals surface area contributed by atoms with Crippen LogP contribution in [0.5, 0.6) is 0 Å². The average Bonchev–Trinajstić information content (AvgIpc) is 2.16. The minimum Gasteiger partial charge on any atom is -0.274 e. The second-order valence-electron chi connectivity index (χ2n) is 2.46. The molecule has 1 rings (SSSR count). The first kappa shape index (κ1) is 11.4. The number of halogens is 3. The summed E-state index contributed by atoms with van der Waals surface area (Å²) in [6.07, 6.45) is -2.46. The number of pyridine rings is 1. The standard InChI is InChI=1S/C7H3ClF2N2O3/c8-6(13)4-1-5(12(14)15)3(2-11-4)7(9)10/h1-2,7H. The van der Waals surface area contributed by atoms with Crippen molar-refractivity contribution in [1.29, 1.82) is 0 Å². The van der Waals surface area contributed by atoms with Crippen molar-refractivity contribution < 1.29 is 18.5 Å². The zero-order chi connectivity index (χ0) is 11.6. The fourth-order valence-corrected chi connectivity index (χ4v) is 0.992. The largest absolute Gasteiger partial charge is 0.282 e. The predicted octanol–water partition coefficient (Wildman–Crippen LogP) is 2.31. The van der Waals surface area contributed by atoms with Crippen LogP contribution in [0.25, 0.3) is 0 Å². The van der Waals surface area contributed by atoms with E-state index in [1.54, 1.807) is 0 Å². The minimum atomic E-state index is -3.03. The molecule has 0 spiro atoms. The smallest absolute Gasteiger partial charge is 0.274 e. The Hall–Kier alpha value is -1.63. The van der Waals surface area contributed by atoms with E-state index >= 15 is 0 Å². The van der Waals surface area contributed by atoms with Crippen molar-refractivity contribution in [2.45, 2.75) is 6.43 Å². The van der Waals surface area contributed by atoms with Crippen molar-refractivity contribution in [1.82, 2.24) is 4.98 Å². The molecule has 0 aromatic carbocycles. The summed E-state index contributed by atoms with van der Waals surface area (Å²) >= 11 is 5.00. The maximum atomic E-state index is 12.3. The van der Waals surface area contributed by atoms with Gasteiger partial charge in [0.1, 0.15) is 11.3 Å². The van der Waals surface area contributed by atoms with Gasteiger partial charge in [-0.1, -0.05) is 0 Å². The maximum absolute atomic E-state index is 12.3. The van der Waals surface area contributed by atoms with Gasteiger partial charge in [0.25, 0.3) is 17.4 Å². The highest BCUT2D eigenvalue weighted by Crippen LogP contribution is 2.28. The lowest BCUT2D eigenvalue weighted by atomic mass is 10.2. The van der Waals surface area contributed by atoms with E-state index in [4.69, 9.17) is 11.6 Å². The van der Waals surface area contributed by atoms with E-state index < -0.39 is 33.5 Å². The first-order chi connectivity index (χ1) is 6.93. The number of hydrogen-bond acceptors (Lipinski definition) is 4. The molecule has 5 nitrogen and oxygen atoms in total. The Kier molecular flexibility index (Phi) is 3.25. The van der Waals surface area contributed by atoms with E-state index in [0.29, 0.717) is 12.3 Å². The molecule has 0 aliphatic carbocycles. The monoisotopic (exact) mass is 236 g/mol. The molecule has 0 saturated heterocycles. The fraction of sp³-hybridized carbons (Fsp3) is 0.143. The van der Waals surface area contributed by atoms with E-state index in [9.17, 15) is 23.7 Å². The lowest BCUT2D eigenvalue weighted by Gasteiger charge is -2.01. The van der Waals surface area contributed by atoms with Crippen LogP contribution >= 0.6 is 11.6 Å². The van der Waals surface area contributed by atoms with Gasteiger partial charge in [-0.25, -0.2) is 8.78 Å². The van der Waals surface area contributed by atoms with Gasteiger partial charge in [-0.05, 0) is 11.6 Å². The van der Waals surface area contributed by atoms with Crippen molar-refractivity contribution in [2.75, 3.05) is 0 Å². The Morgan fingerprint density at radius 2 is 2.20 bits per heavy atom. The molecule has 0 saturated carbocycles. The van der Waals surface area contributed by atoms with Crippen LogP contribution in [0.4, 0.5) is 14.5 Å². The molecule has 0 atom stereocenters. The number of nitrogens with zero attached hydrogens (tertiary/aromatic N) is 2. The van der Waals surface area contributed by atoms with Gasteiger partial charge >= 0.3 is 0 Å². The molecular weight excluding hydrogens is 234 g/mol. The summed E-state index contributed by atoms with van der Waals surface area (Å²) in [6.45, 7) is 0. The van der Waals surface area contributed by atoms with Gasteiger partial charge in [-0.3, -0.25) is 19.9 Å². The van der Waals surface area contributed by atoms with Crippen LogP contribution in [-0.4, -0.2) is 15.1 Å². The number of nitro groups is 1. The molecule has 0 fully saturated rings.